The Morgan fingerprint density at radius 1 is 1.09 bits per heavy atom. The minimum Gasteiger partial charge on any atom is -0.405 e. The monoisotopic (exact) mass is 341 g/mol. The van der Waals surface area contributed by atoms with Gasteiger partial charge in [-0.2, -0.15) is 5.26 Å². The second-order valence-corrected chi connectivity index (χ2v) is 6.68. The first-order valence-electron chi connectivity index (χ1n) is 6.20. The molecule has 120 valence electrons. The third-order valence-electron chi connectivity index (χ3n) is 2.93. The number of nitrogens with zero attached hydrogens (tertiary/aromatic N) is 1. The van der Waals surface area contributed by atoms with Gasteiger partial charge in [-0.3, -0.25) is 0 Å². The SMILES string of the molecule is CS(=O)(=O)c1ccc(-c2ccc(C#N)cc2OC(F)(F)F)cc1. The average molecular weight is 341 g/mol. The van der Waals surface area contributed by atoms with Gasteiger partial charge in [0.2, 0.25) is 0 Å². The van der Waals surface area contributed by atoms with E-state index >= 15 is 0 Å². The van der Waals surface area contributed by atoms with Crippen LogP contribution >= 0.6 is 0 Å². The van der Waals surface area contributed by atoms with E-state index in [1.165, 1.54) is 36.4 Å². The van der Waals surface area contributed by atoms with Gasteiger partial charge in [0.15, 0.2) is 9.84 Å². The summed E-state index contributed by atoms with van der Waals surface area (Å²) < 4.78 is 64.3. The molecule has 0 heterocycles. The number of nitriles is 1. The highest BCUT2D eigenvalue weighted by atomic mass is 32.2. The van der Waals surface area contributed by atoms with E-state index in [0.717, 1.165) is 12.3 Å². The summed E-state index contributed by atoms with van der Waals surface area (Å²) in [5, 5.41) is 8.79. The second kappa shape index (κ2) is 5.93. The minimum atomic E-state index is -4.91. The molecular formula is C15H10F3NO3S. The maximum Gasteiger partial charge on any atom is 0.573 e. The topological polar surface area (TPSA) is 67.2 Å². The lowest BCUT2D eigenvalue weighted by Crippen LogP contribution is -2.17. The van der Waals surface area contributed by atoms with Gasteiger partial charge in [-0.1, -0.05) is 12.1 Å². The molecule has 0 spiro atoms. The first-order valence-corrected chi connectivity index (χ1v) is 8.10. The first-order chi connectivity index (χ1) is 10.6. The Morgan fingerprint density at radius 3 is 2.17 bits per heavy atom. The smallest absolute Gasteiger partial charge is 0.405 e. The largest absolute Gasteiger partial charge is 0.573 e. The summed E-state index contributed by atoms with van der Waals surface area (Å²) in [5.41, 5.74) is 0.447. The predicted molar refractivity (Wildman–Crippen MR) is 76.4 cm³/mol. The number of rotatable bonds is 3. The number of benzene rings is 2. The third-order valence-corrected chi connectivity index (χ3v) is 4.06. The van der Waals surface area contributed by atoms with Crippen LogP contribution in [-0.2, 0) is 9.84 Å². The van der Waals surface area contributed by atoms with Crippen LogP contribution in [-0.4, -0.2) is 21.0 Å². The molecule has 8 heteroatoms. The molecule has 23 heavy (non-hydrogen) atoms. The molecule has 0 amide bonds. The van der Waals surface area contributed by atoms with Gasteiger partial charge in [0.1, 0.15) is 5.75 Å². The Labute approximate surface area is 130 Å². The van der Waals surface area contributed by atoms with Crippen LogP contribution in [0.3, 0.4) is 0 Å². The molecule has 2 aromatic carbocycles. The van der Waals surface area contributed by atoms with Gasteiger partial charge in [0, 0.05) is 11.8 Å². The van der Waals surface area contributed by atoms with Crippen molar-refractivity contribution >= 4 is 9.84 Å². The van der Waals surface area contributed by atoms with E-state index in [-0.39, 0.29) is 16.0 Å². The summed E-state index contributed by atoms with van der Waals surface area (Å²) in [6.07, 6.45) is -3.88. The predicted octanol–water partition coefficient (Wildman–Crippen LogP) is 3.53. The highest BCUT2D eigenvalue weighted by molar-refractivity contribution is 7.90. The van der Waals surface area contributed by atoms with E-state index in [0.29, 0.717) is 5.56 Å². The van der Waals surface area contributed by atoms with Crippen molar-refractivity contribution < 1.29 is 26.3 Å². The van der Waals surface area contributed by atoms with Crippen molar-refractivity contribution in [3.63, 3.8) is 0 Å². The van der Waals surface area contributed by atoms with Crippen LogP contribution in [0, 0.1) is 11.3 Å². The normalized spacial score (nSPS) is 11.8. The van der Waals surface area contributed by atoms with Crippen molar-refractivity contribution in [1.29, 1.82) is 5.26 Å². The van der Waals surface area contributed by atoms with Gasteiger partial charge in [0.05, 0.1) is 16.5 Å². The zero-order valence-corrected chi connectivity index (χ0v) is 12.6. The molecule has 0 saturated heterocycles. The Kier molecular flexibility index (Phi) is 4.34. The number of hydrogen-bond acceptors (Lipinski definition) is 4. The van der Waals surface area contributed by atoms with Crippen molar-refractivity contribution in [3.8, 4) is 22.9 Å². The standard InChI is InChI=1S/C15H10F3NO3S/c1-23(20,21)12-5-3-11(4-6-12)13-7-2-10(9-19)8-14(13)22-15(16,17)18/h2-8H,1H3. The molecule has 0 unspecified atom stereocenters. The van der Waals surface area contributed by atoms with Crippen molar-refractivity contribution in [2.24, 2.45) is 0 Å². The Bertz CT molecular complexity index is 866. The van der Waals surface area contributed by atoms with Crippen LogP contribution in [0.4, 0.5) is 13.2 Å². The van der Waals surface area contributed by atoms with Crippen molar-refractivity contribution in [2.75, 3.05) is 6.26 Å². The zero-order chi connectivity index (χ0) is 17.3. The quantitative estimate of drug-likeness (QED) is 0.856. The number of halogens is 3. The van der Waals surface area contributed by atoms with E-state index < -0.39 is 21.9 Å². The summed E-state index contributed by atoms with van der Waals surface area (Å²) in [4.78, 5) is 0.0492. The minimum absolute atomic E-state index is 0.0146. The third kappa shape index (κ3) is 4.23. The molecule has 0 aliphatic heterocycles. The number of sulfone groups is 1. The van der Waals surface area contributed by atoms with Crippen molar-refractivity contribution in [2.45, 2.75) is 11.3 Å². The maximum atomic E-state index is 12.5. The van der Waals surface area contributed by atoms with Gasteiger partial charge < -0.3 is 4.74 Å². The highest BCUT2D eigenvalue weighted by Crippen LogP contribution is 2.35. The number of alkyl halides is 3. The summed E-state index contributed by atoms with van der Waals surface area (Å²) in [6.45, 7) is 0. The molecule has 0 saturated carbocycles. The summed E-state index contributed by atoms with van der Waals surface area (Å²) in [7, 11) is -3.41. The van der Waals surface area contributed by atoms with Gasteiger partial charge in [0.25, 0.3) is 0 Å². The lowest BCUT2D eigenvalue weighted by Gasteiger charge is -2.14. The summed E-state index contributed by atoms with van der Waals surface area (Å²) in [6, 6.07) is 10.7. The molecule has 2 rings (SSSR count). The second-order valence-electron chi connectivity index (χ2n) is 4.67. The van der Waals surface area contributed by atoms with E-state index in [1.54, 1.807) is 6.07 Å². The molecule has 0 N–H and O–H groups in total. The van der Waals surface area contributed by atoms with Gasteiger partial charge in [-0.25, -0.2) is 8.42 Å². The molecule has 2 aromatic rings. The van der Waals surface area contributed by atoms with E-state index in [2.05, 4.69) is 4.74 Å². The lowest BCUT2D eigenvalue weighted by atomic mass is 10.0. The summed E-state index contributed by atoms with van der Waals surface area (Å²) >= 11 is 0. The van der Waals surface area contributed by atoms with Gasteiger partial charge >= 0.3 is 6.36 Å². The van der Waals surface area contributed by atoms with Gasteiger partial charge in [-0.15, -0.1) is 13.2 Å². The molecule has 0 fully saturated rings. The highest BCUT2D eigenvalue weighted by Gasteiger charge is 2.32. The fourth-order valence-corrected chi connectivity index (χ4v) is 2.55. The Hall–Kier alpha value is -2.53. The molecule has 0 bridgehead atoms. The van der Waals surface area contributed by atoms with Crippen LogP contribution in [0.25, 0.3) is 11.1 Å². The average Bonchev–Trinajstić information content (AvgIpc) is 2.44. The van der Waals surface area contributed by atoms with E-state index in [4.69, 9.17) is 5.26 Å². The first kappa shape index (κ1) is 16.8. The number of hydrogen-bond donors (Lipinski definition) is 0. The maximum absolute atomic E-state index is 12.5. The number of ether oxygens (including phenoxy) is 1. The van der Waals surface area contributed by atoms with E-state index in [1.807, 2.05) is 0 Å². The van der Waals surface area contributed by atoms with Crippen LogP contribution in [0.5, 0.6) is 5.75 Å². The molecule has 0 aromatic heterocycles. The molecular weight excluding hydrogens is 331 g/mol. The van der Waals surface area contributed by atoms with Crippen molar-refractivity contribution in [1.82, 2.24) is 0 Å². The molecule has 0 atom stereocenters. The zero-order valence-electron chi connectivity index (χ0n) is 11.8. The molecule has 4 nitrogen and oxygen atoms in total. The van der Waals surface area contributed by atoms with E-state index in [9.17, 15) is 21.6 Å². The van der Waals surface area contributed by atoms with Gasteiger partial charge in [-0.05, 0) is 35.9 Å². The fraction of sp³-hybridized carbons (Fsp3) is 0.133. The van der Waals surface area contributed by atoms with Crippen LogP contribution < -0.4 is 4.74 Å². The lowest BCUT2D eigenvalue weighted by molar-refractivity contribution is -0.274. The fourth-order valence-electron chi connectivity index (χ4n) is 1.92. The van der Waals surface area contributed by atoms with Crippen LogP contribution in [0.1, 0.15) is 5.56 Å². The molecule has 0 aliphatic rings. The molecule has 0 aliphatic carbocycles. The van der Waals surface area contributed by atoms with Crippen molar-refractivity contribution in [3.05, 3.63) is 48.0 Å². The van der Waals surface area contributed by atoms with Crippen LogP contribution in [0.2, 0.25) is 0 Å². The molecule has 0 radical (unpaired) electrons. The Balaban J connectivity index is 2.52. The summed E-state index contributed by atoms with van der Waals surface area (Å²) in [5.74, 6) is -0.524. The van der Waals surface area contributed by atoms with Crippen LogP contribution in [0.15, 0.2) is 47.4 Å². The Morgan fingerprint density at radius 2 is 1.70 bits per heavy atom.